The highest BCUT2D eigenvalue weighted by Gasteiger charge is 2.21. The molecular weight excluding hydrogens is 252 g/mol. The number of anilines is 1. The van der Waals surface area contributed by atoms with Crippen molar-refractivity contribution in [3.8, 4) is 6.07 Å². The molecule has 0 saturated heterocycles. The van der Waals surface area contributed by atoms with E-state index in [0.29, 0.717) is 12.2 Å². The van der Waals surface area contributed by atoms with Crippen LogP contribution in [0.5, 0.6) is 0 Å². The molecule has 0 aromatic heterocycles. The van der Waals surface area contributed by atoms with Crippen LogP contribution in [0.2, 0.25) is 0 Å². The fraction of sp³-hybridized carbons (Fsp3) is 0.333. The molecule has 0 spiro atoms. The Morgan fingerprint density at radius 2 is 1.94 bits per heavy atom. The minimum absolute atomic E-state index is 0.380. The number of nitrogens with zero attached hydrogens (tertiary/aromatic N) is 2. The lowest BCUT2D eigenvalue weighted by atomic mass is 10.3. The molecule has 1 rings (SSSR count). The van der Waals surface area contributed by atoms with Crippen LogP contribution in [0.3, 0.4) is 0 Å². The largest absolute Gasteiger partial charge is 0.312 e. The van der Waals surface area contributed by atoms with E-state index in [1.807, 2.05) is 6.07 Å². The highest BCUT2D eigenvalue weighted by atomic mass is 32.2. The van der Waals surface area contributed by atoms with Gasteiger partial charge in [0.15, 0.2) is 9.84 Å². The lowest BCUT2D eigenvalue weighted by Crippen LogP contribution is -2.36. The molecule has 6 heteroatoms. The number of amides is 1. The lowest BCUT2D eigenvalue weighted by molar-refractivity contribution is -0.116. The van der Waals surface area contributed by atoms with Crippen LogP contribution >= 0.6 is 0 Å². The maximum atomic E-state index is 11.9. The van der Waals surface area contributed by atoms with Crippen molar-refractivity contribution in [2.24, 2.45) is 0 Å². The number of nitriles is 1. The van der Waals surface area contributed by atoms with E-state index >= 15 is 0 Å². The third-order valence-corrected chi connectivity index (χ3v) is 3.57. The summed E-state index contributed by atoms with van der Waals surface area (Å²) in [4.78, 5) is 13.3. The van der Waals surface area contributed by atoms with Crippen LogP contribution in [0.4, 0.5) is 5.69 Å². The molecule has 0 heterocycles. The van der Waals surface area contributed by atoms with Crippen molar-refractivity contribution in [3.63, 3.8) is 0 Å². The summed E-state index contributed by atoms with van der Waals surface area (Å²) in [5.74, 6) is -1.78. The Balaban J connectivity index is 2.86. The second-order valence-electron chi connectivity index (χ2n) is 3.66. The predicted molar refractivity (Wildman–Crippen MR) is 68.7 cm³/mol. The van der Waals surface area contributed by atoms with Gasteiger partial charge in [0.2, 0.25) is 5.91 Å². The summed E-state index contributed by atoms with van der Waals surface area (Å²) in [7, 11) is -3.65. The number of carbonyl (C=O) groups excluding carboxylic acids is 1. The summed E-state index contributed by atoms with van der Waals surface area (Å²) >= 11 is 0. The summed E-state index contributed by atoms with van der Waals surface area (Å²) in [5, 5.41) is 8.37. The molecule has 0 atom stereocenters. The summed E-state index contributed by atoms with van der Waals surface area (Å²) < 4.78 is 22.8. The number of rotatable bonds is 5. The molecule has 1 aromatic rings. The van der Waals surface area contributed by atoms with Gasteiger partial charge in [0.05, 0.1) is 6.07 Å². The van der Waals surface area contributed by atoms with Gasteiger partial charge >= 0.3 is 0 Å². The molecule has 1 aromatic carbocycles. The first-order chi connectivity index (χ1) is 8.50. The van der Waals surface area contributed by atoms with Crippen LogP contribution in [-0.4, -0.2) is 32.4 Å². The highest BCUT2D eigenvalue weighted by Crippen LogP contribution is 2.13. The van der Waals surface area contributed by atoms with Crippen LogP contribution < -0.4 is 4.90 Å². The molecule has 0 N–H and O–H groups in total. The molecule has 18 heavy (non-hydrogen) atoms. The molecule has 0 aliphatic carbocycles. The van der Waals surface area contributed by atoms with E-state index in [0.717, 1.165) is 0 Å². The summed E-state index contributed by atoms with van der Waals surface area (Å²) in [6.45, 7) is 2.15. The van der Waals surface area contributed by atoms with Crippen LogP contribution in [-0.2, 0) is 14.6 Å². The van der Waals surface area contributed by atoms with Gasteiger partial charge in [0, 0.05) is 12.2 Å². The van der Waals surface area contributed by atoms with Gasteiger partial charge in [-0.15, -0.1) is 0 Å². The van der Waals surface area contributed by atoms with E-state index in [4.69, 9.17) is 5.26 Å². The van der Waals surface area contributed by atoms with Gasteiger partial charge in [-0.2, -0.15) is 5.26 Å². The molecular formula is C12H14N2O3S. The van der Waals surface area contributed by atoms with Gasteiger partial charge in [0.1, 0.15) is 11.5 Å². The minimum Gasteiger partial charge on any atom is -0.312 e. The first-order valence-corrected chi connectivity index (χ1v) is 7.25. The number of benzene rings is 1. The first-order valence-electron chi connectivity index (χ1n) is 5.43. The van der Waals surface area contributed by atoms with Gasteiger partial charge < -0.3 is 4.90 Å². The quantitative estimate of drug-likeness (QED) is 0.795. The number of hydrogen-bond donors (Lipinski definition) is 0. The van der Waals surface area contributed by atoms with Crippen molar-refractivity contribution in [2.75, 3.05) is 23.0 Å². The molecule has 0 aliphatic rings. The van der Waals surface area contributed by atoms with E-state index in [1.165, 1.54) is 4.90 Å². The smallest absolute Gasteiger partial charge is 0.242 e. The average Bonchev–Trinajstić information content (AvgIpc) is 2.30. The number of sulfone groups is 1. The van der Waals surface area contributed by atoms with Gasteiger partial charge in [-0.1, -0.05) is 18.2 Å². The Bertz CT molecular complexity index is 546. The van der Waals surface area contributed by atoms with Gasteiger partial charge in [-0.3, -0.25) is 4.79 Å². The molecule has 0 radical (unpaired) electrons. The van der Waals surface area contributed by atoms with E-state index in [9.17, 15) is 13.2 Å². The Morgan fingerprint density at radius 1 is 1.33 bits per heavy atom. The molecule has 5 nitrogen and oxygen atoms in total. The standard InChI is InChI=1S/C12H14N2O3S/c1-2-14(11-6-4-3-5-7-11)12(15)10-18(16,17)9-8-13/h3-7H,2,9-10H2,1H3. The maximum absolute atomic E-state index is 11.9. The molecule has 0 fully saturated rings. The average molecular weight is 266 g/mol. The van der Waals surface area contributed by atoms with Crippen LogP contribution in [0.1, 0.15) is 6.92 Å². The van der Waals surface area contributed by atoms with E-state index in [-0.39, 0.29) is 0 Å². The van der Waals surface area contributed by atoms with Gasteiger partial charge in [-0.05, 0) is 19.1 Å². The molecule has 0 unspecified atom stereocenters. The van der Waals surface area contributed by atoms with Crippen molar-refractivity contribution in [3.05, 3.63) is 30.3 Å². The van der Waals surface area contributed by atoms with Gasteiger partial charge in [0.25, 0.3) is 0 Å². The van der Waals surface area contributed by atoms with Crippen molar-refractivity contribution in [2.45, 2.75) is 6.92 Å². The SMILES string of the molecule is CCN(C(=O)CS(=O)(=O)CC#N)c1ccccc1. The van der Waals surface area contributed by atoms with Crippen molar-refractivity contribution < 1.29 is 13.2 Å². The highest BCUT2D eigenvalue weighted by molar-refractivity contribution is 7.92. The molecule has 96 valence electrons. The van der Waals surface area contributed by atoms with Crippen LogP contribution in [0.25, 0.3) is 0 Å². The zero-order valence-corrected chi connectivity index (χ0v) is 10.9. The third kappa shape index (κ3) is 3.86. The summed E-state index contributed by atoms with van der Waals surface area (Å²) in [6, 6.07) is 10.4. The fourth-order valence-electron chi connectivity index (χ4n) is 1.53. The molecule has 0 bridgehead atoms. The van der Waals surface area contributed by atoms with Crippen molar-refractivity contribution in [1.82, 2.24) is 0 Å². The second kappa shape index (κ2) is 6.17. The normalized spacial score (nSPS) is 10.7. The predicted octanol–water partition coefficient (Wildman–Crippen LogP) is 0.978. The summed E-state index contributed by atoms with van der Waals surface area (Å²) in [5.41, 5.74) is 0.650. The Morgan fingerprint density at radius 3 is 2.44 bits per heavy atom. The van der Waals surface area contributed by atoms with Crippen molar-refractivity contribution in [1.29, 1.82) is 5.26 Å². The Hall–Kier alpha value is -1.87. The number of carbonyl (C=O) groups is 1. The number of para-hydroxylation sites is 1. The Kier molecular flexibility index (Phi) is 4.86. The molecule has 0 saturated carbocycles. The topological polar surface area (TPSA) is 78.2 Å². The number of hydrogen-bond acceptors (Lipinski definition) is 4. The molecule has 1 amide bonds. The fourth-order valence-corrected chi connectivity index (χ4v) is 2.36. The van der Waals surface area contributed by atoms with Crippen LogP contribution in [0.15, 0.2) is 30.3 Å². The van der Waals surface area contributed by atoms with Crippen LogP contribution in [0, 0.1) is 11.3 Å². The van der Waals surface area contributed by atoms with Gasteiger partial charge in [-0.25, -0.2) is 8.42 Å². The van der Waals surface area contributed by atoms with Crippen molar-refractivity contribution >= 4 is 21.4 Å². The Labute approximate surface area is 107 Å². The van der Waals surface area contributed by atoms with E-state index in [2.05, 4.69) is 0 Å². The summed E-state index contributed by atoms with van der Waals surface area (Å²) in [6.07, 6.45) is 0. The monoisotopic (exact) mass is 266 g/mol. The lowest BCUT2D eigenvalue weighted by Gasteiger charge is -2.20. The zero-order valence-electron chi connectivity index (χ0n) is 10.0. The first kappa shape index (κ1) is 14.2. The zero-order chi connectivity index (χ0) is 13.6. The maximum Gasteiger partial charge on any atom is 0.242 e. The van der Waals surface area contributed by atoms with E-state index < -0.39 is 27.3 Å². The van der Waals surface area contributed by atoms with E-state index in [1.54, 1.807) is 37.3 Å². The minimum atomic E-state index is -3.65. The second-order valence-corrected chi connectivity index (χ2v) is 5.73. The molecule has 0 aliphatic heterocycles. The third-order valence-electron chi connectivity index (χ3n) is 2.31.